The van der Waals surface area contributed by atoms with E-state index in [9.17, 15) is 34.2 Å². The van der Waals surface area contributed by atoms with Crippen LogP contribution < -0.4 is 21.3 Å². The highest BCUT2D eigenvalue weighted by atomic mass is 32.2. The average molecular weight is 1340 g/mol. The van der Waals surface area contributed by atoms with Crippen molar-refractivity contribution in [2.24, 2.45) is 35.5 Å². The van der Waals surface area contributed by atoms with Gasteiger partial charge in [-0.25, -0.2) is 0 Å². The molecule has 93 heavy (non-hydrogen) atoms. The molecule has 1 fully saturated rings. The monoisotopic (exact) mass is 1330 g/mol. The SMILES string of the molecule is C/C=C/C[C@@H](C)[C@@H](O)[C@H]1C(=O)N[C@@H](CC)C(=O)N(C)[C@H](SCCCN(C)C)C(=O)N(C)[C@@H](CC(C)(C)O)C(=O)N[C@@H](C(C)C)C(=O)N(C)[C@@H](CC(C)C)C(=O)N[C@@H](C)C(=O)N[C@H](C)C(=O)N(C)[C@@H](CC(C)C)C(=O)N(C)[C@@H](CC(C)C)C(=O)N(C)[C@@H](C(C)C)C(=O)N1C. The summed E-state index contributed by atoms with van der Waals surface area (Å²) in [7, 11) is 13.6. The van der Waals surface area contributed by atoms with E-state index in [-0.39, 0.29) is 56.3 Å². The molecular formula is C67H122N12O13S. The van der Waals surface area contributed by atoms with E-state index in [2.05, 4.69) is 21.3 Å². The first kappa shape index (κ1) is 85.2. The Morgan fingerprint density at radius 2 is 0.978 bits per heavy atom. The molecule has 0 aliphatic carbocycles. The fourth-order valence-electron chi connectivity index (χ4n) is 11.5. The lowest BCUT2D eigenvalue weighted by Crippen LogP contribution is -2.64. The van der Waals surface area contributed by atoms with Crippen molar-refractivity contribution in [3.05, 3.63) is 12.2 Å². The van der Waals surface area contributed by atoms with Crippen molar-refractivity contribution in [2.75, 3.05) is 75.7 Å². The second kappa shape index (κ2) is 38.6. The maximum atomic E-state index is 15.3. The quantitative estimate of drug-likeness (QED) is 0.0752. The molecule has 25 nitrogen and oxygen atoms in total. The standard InChI is InChI=1S/C67H122N12O13S/c1-27-29-31-43(13)54(80)53-58(84)70-46(28-2)60(86)79(26)66(93-33-30-32-72(18)19)65(91)76(23)50(37-67(16,17)92)57(83)71-51(41(9)10)63(89)73(20)47(34-38(3)4)56(82)68-44(14)55(81)69-45(15)59(85)74(21)48(35-39(5)6)61(87)75(22)49(36-40(7)8)62(88)77(24)52(42(11)12)64(90)78(53)25/h27,29,38-54,66,80,92H,28,30-37H2,1-26H3,(H,68,82)(H,69,81)(H,70,84)(H,71,83)/b29-27+/t43-,44+,45-,46+,47+,48+,49+,50+,51+,52+,53+,54-,66-/m1/s1. The summed E-state index contributed by atoms with van der Waals surface area (Å²) in [6.45, 7) is 29.5. The van der Waals surface area contributed by atoms with Crippen molar-refractivity contribution < 1.29 is 63.0 Å². The van der Waals surface area contributed by atoms with Gasteiger partial charge in [-0.05, 0) is 135 Å². The smallest absolute Gasteiger partial charge is 0.256 e. The largest absolute Gasteiger partial charge is 0.390 e. The molecule has 26 heteroatoms. The Hall–Kier alpha value is -5.86. The van der Waals surface area contributed by atoms with Crippen LogP contribution in [-0.2, 0) is 52.7 Å². The molecule has 0 saturated carbocycles. The minimum atomic E-state index is -1.66. The molecular weight excluding hydrogens is 1210 g/mol. The molecule has 0 bridgehead atoms. The van der Waals surface area contributed by atoms with E-state index in [1.165, 1.54) is 102 Å². The van der Waals surface area contributed by atoms with Crippen LogP contribution in [0.1, 0.15) is 163 Å². The van der Waals surface area contributed by atoms with Crippen LogP contribution in [0.4, 0.5) is 0 Å². The van der Waals surface area contributed by atoms with E-state index in [1.807, 2.05) is 60.5 Å². The highest BCUT2D eigenvalue weighted by Gasteiger charge is 2.47. The molecule has 6 N–H and O–H groups in total. The minimum Gasteiger partial charge on any atom is -0.390 e. The number of aliphatic hydroxyl groups excluding tert-OH is 1. The number of aliphatic hydroxyl groups is 2. The second-order valence-corrected chi connectivity index (χ2v) is 29.7. The molecule has 11 amide bonds. The molecule has 0 aromatic carbocycles. The lowest BCUT2D eigenvalue weighted by Gasteiger charge is -2.41. The zero-order chi connectivity index (χ0) is 72.2. The van der Waals surface area contributed by atoms with Gasteiger partial charge in [0, 0.05) is 55.8 Å². The summed E-state index contributed by atoms with van der Waals surface area (Å²) in [5.74, 6) is -9.97. The Kier molecular flexibility index (Phi) is 35.4. The number of thioether (sulfide) groups is 1. The van der Waals surface area contributed by atoms with E-state index < -0.39 is 160 Å². The third-order valence-electron chi connectivity index (χ3n) is 17.2. The maximum absolute atomic E-state index is 15.3. The minimum absolute atomic E-state index is 0.0293. The Morgan fingerprint density at radius 1 is 0.527 bits per heavy atom. The number of amides is 11. The summed E-state index contributed by atoms with van der Waals surface area (Å²) < 4.78 is 0. The number of hydrogen-bond donors (Lipinski definition) is 6. The van der Waals surface area contributed by atoms with Crippen LogP contribution in [0.2, 0.25) is 0 Å². The highest BCUT2D eigenvalue weighted by molar-refractivity contribution is 8.00. The van der Waals surface area contributed by atoms with Gasteiger partial charge in [-0.15, -0.1) is 11.8 Å². The van der Waals surface area contributed by atoms with E-state index in [0.29, 0.717) is 18.7 Å². The number of nitrogens with one attached hydrogen (secondary N) is 4. The van der Waals surface area contributed by atoms with Crippen molar-refractivity contribution in [3.63, 3.8) is 0 Å². The second-order valence-electron chi connectivity index (χ2n) is 28.6. The molecule has 13 atom stereocenters. The first-order valence-corrected chi connectivity index (χ1v) is 34.2. The van der Waals surface area contributed by atoms with Gasteiger partial charge in [-0.3, -0.25) is 52.7 Å². The van der Waals surface area contributed by atoms with Crippen LogP contribution in [0.3, 0.4) is 0 Å². The Morgan fingerprint density at radius 3 is 1.44 bits per heavy atom. The topological polar surface area (TPSA) is 302 Å². The molecule has 1 saturated heterocycles. The molecule has 0 aromatic rings. The predicted molar refractivity (Wildman–Crippen MR) is 364 cm³/mol. The van der Waals surface area contributed by atoms with Crippen LogP contribution in [0, 0.1) is 35.5 Å². The van der Waals surface area contributed by atoms with Crippen molar-refractivity contribution >= 4 is 76.7 Å². The zero-order valence-electron chi connectivity index (χ0n) is 61.3. The summed E-state index contributed by atoms with van der Waals surface area (Å²) in [6.07, 6.45) is 2.92. The molecule has 1 rings (SSSR count). The van der Waals surface area contributed by atoms with Crippen molar-refractivity contribution in [1.29, 1.82) is 0 Å². The summed E-state index contributed by atoms with van der Waals surface area (Å²) in [5.41, 5.74) is -1.58. The molecule has 534 valence electrons. The van der Waals surface area contributed by atoms with Crippen LogP contribution in [0.15, 0.2) is 12.2 Å². The molecule has 1 aliphatic rings. The van der Waals surface area contributed by atoms with Crippen LogP contribution >= 0.6 is 11.8 Å². The molecule has 0 unspecified atom stereocenters. The first-order valence-electron chi connectivity index (χ1n) is 33.2. The number of rotatable bonds is 20. The molecule has 0 aromatic heterocycles. The third kappa shape index (κ3) is 25.0. The predicted octanol–water partition coefficient (Wildman–Crippen LogP) is 3.39. The van der Waals surface area contributed by atoms with Gasteiger partial charge in [0.1, 0.15) is 60.4 Å². The van der Waals surface area contributed by atoms with Crippen LogP contribution in [0.5, 0.6) is 0 Å². The van der Waals surface area contributed by atoms with Gasteiger partial charge in [0.05, 0.1) is 11.7 Å². The highest BCUT2D eigenvalue weighted by Crippen LogP contribution is 2.28. The van der Waals surface area contributed by atoms with Gasteiger partial charge in [-0.2, -0.15) is 0 Å². The van der Waals surface area contributed by atoms with Gasteiger partial charge in [0.25, 0.3) is 5.91 Å². The van der Waals surface area contributed by atoms with Crippen molar-refractivity contribution in [1.82, 2.24) is 60.5 Å². The number of hydrogen-bond acceptors (Lipinski definition) is 15. The Bertz CT molecular complexity index is 2540. The fraction of sp³-hybridized carbons (Fsp3) is 0.806. The van der Waals surface area contributed by atoms with Gasteiger partial charge >= 0.3 is 0 Å². The van der Waals surface area contributed by atoms with Crippen molar-refractivity contribution in [2.45, 2.75) is 240 Å². The zero-order valence-corrected chi connectivity index (χ0v) is 62.1. The van der Waals surface area contributed by atoms with Gasteiger partial charge < -0.3 is 70.7 Å². The lowest BCUT2D eigenvalue weighted by atomic mass is 9.91. The Balaban J connectivity index is 4.56. The van der Waals surface area contributed by atoms with Gasteiger partial charge in [0.2, 0.25) is 59.1 Å². The maximum Gasteiger partial charge on any atom is 0.256 e. The van der Waals surface area contributed by atoms with Crippen LogP contribution in [-0.4, -0.2) is 268 Å². The lowest BCUT2D eigenvalue weighted by molar-refractivity contribution is -0.157. The summed E-state index contributed by atoms with van der Waals surface area (Å²) in [5, 5.41) is 33.3. The number of carbonyl (C=O) groups is 11. The van der Waals surface area contributed by atoms with Crippen molar-refractivity contribution in [3.8, 4) is 0 Å². The number of nitrogens with zero attached hydrogens (tertiary/aromatic N) is 8. The summed E-state index contributed by atoms with van der Waals surface area (Å²) in [4.78, 5) is 174. The Labute approximate surface area is 561 Å². The normalized spacial score (nSPS) is 26.6. The summed E-state index contributed by atoms with van der Waals surface area (Å²) >= 11 is 1.12. The molecule has 1 heterocycles. The first-order chi connectivity index (χ1) is 42.8. The average Bonchev–Trinajstić information content (AvgIpc) is 0.814. The van der Waals surface area contributed by atoms with Crippen LogP contribution in [0.25, 0.3) is 0 Å². The molecule has 0 spiro atoms. The van der Waals surface area contributed by atoms with E-state index in [1.54, 1.807) is 60.6 Å². The summed E-state index contributed by atoms with van der Waals surface area (Å²) in [6, 6.07) is -13.1. The van der Waals surface area contributed by atoms with E-state index >= 15 is 28.8 Å². The molecule has 0 radical (unpaired) electrons. The van der Waals surface area contributed by atoms with Gasteiger partial charge in [0.15, 0.2) is 5.37 Å². The number of likely N-dealkylation sites (N-methyl/N-ethyl adjacent to an activating group) is 7. The van der Waals surface area contributed by atoms with E-state index in [4.69, 9.17) is 0 Å². The number of carbonyl (C=O) groups excluding carboxylic acids is 11. The molecule has 1 aliphatic heterocycles. The van der Waals surface area contributed by atoms with E-state index in [0.717, 1.165) is 21.6 Å². The fourth-order valence-corrected chi connectivity index (χ4v) is 12.6. The number of allylic oxidation sites excluding steroid dienone is 2. The third-order valence-corrected chi connectivity index (χ3v) is 18.6. The van der Waals surface area contributed by atoms with Gasteiger partial charge in [-0.1, -0.05) is 95.2 Å².